The maximum absolute atomic E-state index is 13.5. The van der Waals surface area contributed by atoms with Crippen LogP contribution in [0.4, 0.5) is 4.79 Å². The number of ether oxygens (including phenoxy) is 2. The molecular formula is C25H26N2O6S. The van der Waals surface area contributed by atoms with Crippen molar-refractivity contribution in [2.45, 2.75) is 30.3 Å². The predicted molar refractivity (Wildman–Crippen MR) is 127 cm³/mol. The van der Waals surface area contributed by atoms with Crippen molar-refractivity contribution in [2.24, 2.45) is 0 Å². The second-order valence-electron chi connectivity index (χ2n) is 8.77. The number of carbonyl (C=O) groups is 3. The molecular weight excluding hydrogens is 456 g/mol. The molecule has 3 aliphatic rings. The largest absolute Gasteiger partial charge is 0.480 e. The predicted octanol–water partition coefficient (Wildman–Crippen LogP) is 3.06. The first-order valence-corrected chi connectivity index (χ1v) is 12.5. The van der Waals surface area contributed by atoms with Gasteiger partial charge in [0.25, 0.3) is 0 Å². The van der Waals surface area contributed by atoms with Gasteiger partial charge < -0.3 is 24.8 Å². The molecule has 2 aromatic carbocycles. The van der Waals surface area contributed by atoms with Gasteiger partial charge in [-0.1, -0.05) is 48.5 Å². The van der Waals surface area contributed by atoms with Gasteiger partial charge in [0.1, 0.15) is 18.2 Å². The van der Waals surface area contributed by atoms with Crippen molar-refractivity contribution in [1.82, 2.24) is 10.2 Å². The van der Waals surface area contributed by atoms with Crippen LogP contribution in [-0.2, 0) is 19.1 Å². The molecule has 1 aliphatic carbocycles. The van der Waals surface area contributed by atoms with Crippen molar-refractivity contribution in [3.8, 4) is 11.1 Å². The van der Waals surface area contributed by atoms with E-state index in [2.05, 4.69) is 17.4 Å². The summed E-state index contributed by atoms with van der Waals surface area (Å²) >= 11 is 1.39. The molecule has 178 valence electrons. The third-order valence-electron chi connectivity index (χ3n) is 6.87. The van der Waals surface area contributed by atoms with Crippen LogP contribution in [0, 0.1) is 0 Å². The van der Waals surface area contributed by atoms with Gasteiger partial charge in [-0.15, -0.1) is 11.8 Å². The van der Waals surface area contributed by atoms with Crippen LogP contribution in [0.5, 0.6) is 0 Å². The van der Waals surface area contributed by atoms with E-state index >= 15 is 0 Å². The third-order valence-corrected chi connectivity index (χ3v) is 7.88. The quantitative estimate of drug-likeness (QED) is 0.675. The van der Waals surface area contributed by atoms with Crippen molar-refractivity contribution in [3.05, 3.63) is 59.7 Å². The Kier molecular flexibility index (Phi) is 6.22. The molecule has 1 atom stereocenters. The molecule has 0 aromatic heterocycles. The maximum atomic E-state index is 13.5. The molecule has 2 amide bonds. The minimum absolute atomic E-state index is 0.0918. The lowest BCUT2D eigenvalue weighted by Gasteiger charge is -2.39. The second kappa shape index (κ2) is 9.31. The van der Waals surface area contributed by atoms with E-state index in [1.165, 1.54) is 16.7 Å². The second-order valence-corrected chi connectivity index (χ2v) is 9.77. The van der Waals surface area contributed by atoms with Gasteiger partial charge in [-0.2, -0.15) is 0 Å². The number of carbonyl (C=O) groups excluding carboxylic acids is 2. The summed E-state index contributed by atoms with van der Waals surface area (Å²) in [6, 6.07) is 15.2. The first kappa shape index (κ1) is 22.7. The Balaban J connectivity index is 1.32. The van der Waals surface area contributed by atoms with Crippen LogP contribution in [0.25, 0.3) is 11.1 Å². The molecule has 2 N–H and O–H groups in total. The van der Waals surface area contributed by atoms with E-state index in [0.29, 0.717) is 19.0 Å². The number of rotatable bonds is 5. The lowest BCUT2D eigenvalue weighted by molar-refractivity contribution is -0.152. The molecule has 0 saturated carbocycles. The summed E-state index contributed by atoms with van der Waals surface area (Å²) in [5.41, 5.74) is 3.24. The summed E-state index contributed by atoms with van der Waals surface area (Å²) in [6.07, 6.45) is -0.150. The van der Waals surface area contributed by atoms with Crippen LogP contribution in [0.3, 0.4) is 0 Å². The fourth-order valence-electron chi connectivity index (χ4n) is 5.06. The van der Waals surface area contributed by atoms with Gasteiger partial charge in [-0.25, -0.2) is 9.59 Å². The molecule has 9 heteroatoms. The van der Waals surface area contributed by atoms with Crippen molar-refractivity contribution >= 4 is 29.7 Å². The Morgan fingerprint density at radius 1 is 1.06 bits per heavy atom. The summed E-state index contributed by atoms with van der Waals surface area (Å²) < 4.78 is 11.1. The molecule has 2 aliphatic heterocycles. The smallest absolute Gasteiger partial charge is 0.408 e. The van der Waals surface area contributed by atoms with Crippen LogP contribution >= 0.6 is 11.8 Å². The Labute approximate surface area is 201 Å². The number of carboxylic acid groups (broad SMARTS) is 1. The minimum Gasteiger partial charge on any atom is -0.480 e. The fourth-order valence-corrected chi connectivity index (χ4v) is 6.21. The number of fused-ring (bicyclic) bond motifs is 3. The van der Waals surface area contributed by atoms with Gasteiger partial charge in [0.2, 0.25) is 5.91 Å². The number of hydrogen-bond donors (Lipinski definition) is 2. The minimum atomic E-state index is -1.24. The van der Waals surface area contributed by atoms with Crippen molar-refractivity contribution in [2.75, 3.05) is 31.5 Å². The summed E-state index contributed by atoms with van der Waals surface area (Å²) in [7, 11) is 0. The van der Waals surface area contributed by atoms with Crippen molar-refractivity contribution in [1.29, 1.82) is 0 Å². The van der Waals surface area contributed by atoms with Crippen LogP contribution in [-0.4, -0.2) is 71.0 Å². The molecule has 0 bridgehead atoms. The topological polar surface area (TPSA) is 105 Å². The highest BCUT2D eigenvalue weighted by molar-refractivity contribution is 7.99. The van der Waals surface area contributed by atoms with Crippen LogP contribution in [0.1, 0.15) is 29.9 Å². The number of hydrogen-bond acceptors (Lipinski definition) is 6. The first-order chi connectivity index (χ1) is 16.5. The van der Waals surface area contributed by atoms with Crippen molar-refractivity contribution in [3.63, 3.8) is 0 Å². The Morgan fingerprint density at radius 3 is 2.29 bits per heavy atom. The van der Waals surface area contributed by atoms with E-state index < -0.39 is 23.6 Å². The highest BCUT2D eigenvalue weighted by atomic mass is 32.2. The molecule has 8 nitrogen and oxygen atoms in total. The zero-order valence-electron chi connectivity index (χ0n) is 18.6. The lowest BCUT2D eigenvalue weighted by Crippen LogP contribution is -2.63. The van der Waals surface area contributed by atoms with E-state index in [9.17, 15) is 19.5 Å². The van der Waals surface area contributed by atoms with Gasteiger partial charge in [0.05, 0.1) is 5.88 Å². The van der Waals surface area contributed by atoms with Gasteiger partial charge in [0, 0.05) is 37.7 Å². The Hall–Kier alpha value is -3.04. The third kappa shape index (κ3) is 4.03. The number of amides is 2. The first-order valence-electron chi connectivity index (χ1n) is 11.3. The number of nitrogens with one attached hydrogen (secondary N) is 1. The van der Waals surface area contributed by atoms with E-state index in [1.54, 1.807) is 0 Å². The van der Waals surface area contributed by atoms with E-state index in [0.717, 1.165) is 22.3 Å². The average Bonchev–Trinajstić information content (AvgIpc) is 3.46. The number of carboxylic acids is 1. The number of nitrogens with zero attached hydrogens (tertiary/aromatic N) is 1. The van der Waals surface area contributed by atoms with Crippen molar-refractivity contribution < 1.29 is 29.0 Å². The molecule has 1 unspecified atom stereocenters. The zero-order valence-corrected chi connectivity index (χ0v) is 19.4. The van der Waals surface area contributed by atoms with Crippen LogP contribution < -0.4 is 5.32 Å². The highest BCUT2D eigenvalue weighted by Crippen LogP contribution is 2.44. The van der Waals surface area contributed by atoms with Crippen LogP contribution in [0.15, 0.2) is 48.5 Å². The monoisotopic (exact) mass is 482 g/mol. The normalized spacial score (nSPS) is 20.9. The highest BCUT2D eigenvalue weighted by Gasteiger charge is 2.48. The number of benzene rings is 2. The average molecular weight is 483 g/mol. The van der Waals surface area contributed by atoms with Gasteiger partial charge in [0.15, 0.2) is 0 Å². The number of aliphatic carboxylic acids is 1. The molecule has 2 heterocycles. The lowest BCUT2D eigenvalue weighted by atomic mass is 9.88. The molecule has 0 spiro atoms. The zero-order chi connectivity index (χ0) is 23.7. The Bertz CT molecular complexity index is 1070. The summed E-state index contributed by atoms with van der Waals surface area (Å²) in [5.74, 6) is -0.905. The molecule has 5 rings (SSSR count). The van der Waals surface area contributed by atoms with Gasteiger partial charge in [-0.3, -0.25) is 4.79 Å². The van der Waals surface area contributed by atoms with Gasteiger partial charge in [-0.05, 0) is 22.3 Å². The summed E-state index contributed by atoms with van der Waals surface area (Å²) in [4.78, 5) is 39.4. The Morgan fingerprint density at radius 2 is 1.68 bits per heavy atom. The molecule has 34 heavy (non-hydrogen) atoms. The molecule has 2 aromatic rings. The molecule has 0 radical (unpaired) electrons. The standard InChI is InChI=1S/C25H26N2O6S/c28-22(29)21-14-34-15-27(21)23(30)25(9-11-32-12-10-25)26-24(31)33-13-20-18-7-3-1-5-16(18)17-6-2-4-8-19(17)20/h1-8,20-21H,9-15H2,(H,26,31)(H,28,29). The number of alkyl carbamates (subject to hydrolysis) is 1. The SMILES string of the molecule is O=C(NC1(C(=O)N2CSCC2C(=O)O)CCOCC1)OCC1c2ccccc2-c2ccccc21. The van der Waals surface area contributed by atoms with E-state index in [1.807, 2.05) is 36.4 Å². The molecule has 2 saturated heterocycles. The summed E-state index contributed by atoms with van der Waals surface area (Å²) in [6.45, 7) is 0.736. The number of thioether (sulfide) groups is 1. The fraction of sp³-hybridized carbons (Fsp3) is 0.400. The van der Waals surface area contributed by atoms with Gasteiger partial charge >= 0.3 is 12.1 Å². The maximum Gasteiger partial charge on any atom is 0.408 e. The van der Waals surface area contributed by atoms with E-state index in [-0.39, 0.29) is 37.2 Å². The summed E-state index contributed by atoms with van der Waals surface area (Å²) in [5, 5.41) is 12.3. The molecule has 2 fully saturated rings. The van der Waals surface area contributed by atoms with Crippen LogP contribution in [0.2, 0.25) is 0 Å². The van der Waals surface area contributed by atoms with E-state index in [4.69, 9.17) is 9.47 Å².